The molecule has 0 aliphatic heterocycles. The zero-order valence-corrected chi connectivity index (χ0v) is 14.5. The first-order chi connectivity index (χ1) is 10.1. The smallest absolute Gasteiger partial charge is 0.331 e. The highest BCUT2D eigenvalue weighted by molar-refractivity contribution is 9.10. The molecule has 0 aliphatic carbocycles. The van der Waals surface area contributed by atoms with Gasteiger partial charge in [0.25, 0.3) is 5.91 Å². The largest absolute Gasteiger partial charge is 0.449 e. The number of amides is 1. The van der Waals surface area contributed by atoms with E-state index < -0.39 is 23.4 Å². The lowest BCUT2D eigenvalue weighted by molar-refractivity contribution is -0.150. The first-order valence-corrected chi connectivity index (χ1v) is 7.53. The molecule has 0 unspecified atom stereocenters. The van der Waals surface area contributed by atoms with Gasteiger partial charge in [-0.05, 0) is 52.0 Å². The number of hydrogen-bond donors (Lipinski definition) is 1. The second kappa shape index (κ2) is 7.54. The van der Waals surface area contributed by atoms with Crippen molar-refractivity contribution in [2.24, 2.45) is 0 Å². The number of esters is 1. The molecule has 1 N–H and O–H groups in total. The van der Waals surface area contributed by atoms with Crippen LogP contribution in [0.4, 0.5) is 4.39 Å². The summed E-state index contributed by atoms with van der Waals surface area (Å²) in [4.78, 5) is 23.5. The highest BCUT2D eigenvalue weighted by atomic mass is 79.9. The van der Waals surface area contributed by atoms with E-state index in [2.05, 4.69) is 21.2 Å². The molecule has 1 aromatic rings. The van der Waals surface area contributed by atoms with Crippen molar-refractivity contribution in [2.75, 3.05) is 0 Å². The molecule has 1 rings (SSSR count). The molecular formula is C16H19BrFNO3. The van der Waals surface area contributed by atoms with Gasteiger partial charge in [-0.15, -0.1) is 0 Å². The molecule has 0 radical (unpaired) electrons. The van der Waals surface area contributed by atoms with Crippen molar-refractivity contribution in [3.63, 3.8) is 0 Å². The number of carbonyl (C=O) groups is 2. The van der Waals surface area contributed by atoms with Crippen LogP contribution in [0, 0.1) is 5.82 Å². The Labute approximate surface area is 137 Å². The Morgan fingerprint density at radius 1 is 1.36 bits per heavy atom. The van der Waals surface area contributed by atoms with Gasteiger partial charge in [-0.1, -0.05) is 15.9 Å². The molecule has 1 aromatic carbocycles. The molecule has 0 aromatic heterocycles. The van der Waals surface area contributed by atoms with Crippen molar-refractivity contribution in [1.29, 1.82) is 0 Å². The fourth-order valence-corrected chi connectivity index (χ4v) is 1.92. The zero-order valence-electron chi connectivity index (χ0n) is 12.9. The Balaban J connectivity index is 2.64. The Hall–Kier alpha value is -1.69. The molecule has 0 heterocycles. The van der Waals surface area contributed by atoms with Crippen molar-refractivity contribution < 1.29 is 18.7 Å². The molecule has 1 amide bonds. The Bertz CT molecular complexity index is 594. The van der Waals surface area contributed by atoms with E-state index in [9.17, 15) is 14.0 Å². The van der Waals surface area contributed by atoms with Crippen molar-refractivity contribution in [3.05, 3.63) is 40.1 Å². The summed E-state index contributed by atoms with van der Waals surface area (Å²) in [6, 6.07) is 4.38. The standard InChI is InChI=1S/C16H19BrFNO3/c1-10(15(21)19-16(2,3)4)22-14(20)8-5-11-9-12(17)6-7-13(11)18/h5-10H,1-4H3,(H,19,21)/b8-5+/t10-/m0/s1. The predicted octanol–water partition coefficient (Wildman–Crippen LogP) is 3.45. The number of halogens is 2. The van der Waals surface area contributed by atoms with E-state index in [-0.39, 0.29) is 11.5 Å². The van der Waals surface area contributed by atoms with Crippen molar-refractivity contribution in [1.82, 2.24) is 5.32 Å². The van der Waals surface area contributed by atoms with Gasteiger partial charge in [-0.2, -0.15) is 0 Å². The lowest BCUT2D eigenvalue weighted by Gasteiger charge is -2.22. The molecule has 0 bridgehead atoms. The first kappa shape index (κ1) is 18.4. The molecule has 0 spiro atoms. The first-order valence-electron chi connectivity index (χ1n) is 6.74. The topological polar surface area (TPSA) is 55.4 Å². The van der Waals surface area contributed by atoms with Crippen LogP contribution in [-0.2, 0) is 14.3 Å². The Morgan fingerprint density at radius 2 is 2.00 bits per heavy atom. The summed E-state index contributed by atoms with van der Waals surface area (Å²) in [7, 11) is 0. The van der Waals surface area contributed by atoms with Gasteiger partial charge in [0.2, 0.25) is 0 Å². The molecule has 6 heteroatoms. The normalized spacial score (nSPS) is 13.0. The van der Waals surface area contributed by atoms with E-state index >= 15 is 0 Å². The van der Waals surface area contributed by atoms with E-state index in [1.54, 1.807) is 6.07 Å². The van der Waals surface area contributed by atoms with E-state index in [1.165, 1.54) is 25.1 Å². The van der Waals surface area contributed by atoms with Crippen LogP contribution >= 0.6 is 15.9 Å². The Kier molecular flexibility index (Phi) is 6.29. The number of nitrogens with one attached hydrogen (secondary N) is 1. The molecular weight excluding hydrogens is 353 g/mol. The lowest BCUT2D eigenvalue weighted by Crippen LogP contribution is -2.46. The third kappa shape index (κ3) is 6.39. The van der Waals surface area contributed by atoms with Gasteiger partial charge in [0, 0.05) is 21.7 Å². The van der Waals surface area contributed by atoms with Gasteiger partial charge in [0.1, 0.15) is 5.82 Å². The molecule has 0 saturated heterocycles. The fraction of sp³-hybridized carbons (Fsp3) is 0.375. The van der Waals surface area contributed by atoms with Gasteiger partial charge < -0.3 is 10.1 Å². The number of rotatable bonds is 4. The maximum absolute atomic E-state index is 13.5. The number of benzene rings is 1. The van der Waals surface area contributed by atoms with Crippen LogP contribution in [0.2, 0.25) is 0 Å². The SMILES string of the molecule is C[C@H](OC(=O)/C=C/c1cc(Br)ccc1F)C(=O)NC(C)(C)C. The number of carbonyl (C=O) groups excluding carboxylic acids is 2. The van der Waals surface area contributed by atoms with Crippen LogP contribution in [0.15, 0.2) is 28.7 Å². The van der Waals surface area contributed by atoms with Gasteiger partial charge in [-0.25, -0.2) is 9.18 Å². The summed E-state index contributed by atoms with van der Waals surface area (Å²) in [5.41, 5.74) is -0.161. The van der Waals surface area contributed by atoms with Crippen molar-refractivity contribution in [2.45, 2.75) is 39.3 Å². The van der Waals surface area contributed by atoms with Crippen LogP contribution in [0.1, 0.15) is 33.3 Å². The lowest BCUT2D eigenvalue weighted by atomic mass is 10.1. The maximum Gasteiger partial charge on any atom is 0.331 e. The van der Waals surface area contributed by atoms with Crippen LogP contribution < -0.4 is 5.32 Å². The van der Waals surface area contributed by atoms with Crippen LogP contribution in [0.25, 0.3) is 6.08 Å². The van der Waals surface area contributed by atoms with Crippen molar-refractivity contribution >= 4 is 33.9 Å². The molecule has 0 aliphatic rings. The monoisotopic (exact) mass is 371 g/mol. The summed E-state index contributed by atoms with van der Waals surface area (Å²) in [6.45, 7) is 6.96. The van der Waals surface area contributed by atoms with Crippen LogP contribution in [0.3, 0.4) is 0 Å². The predicted molar refractivity (Wildman–Crippen MR) is 86.6 cm³/mol. The quantitative estimate of drug-likeness (QED) is 0.651. The average molecular weight is 372 g/mol. The second-order valence-electron chi connectivity index (χ2n) is 5.82. The average Bonchev–Trinajstić information content (AvgIpc) is 2.37. The highest BCUT2D eigenvalue weighted by Crippen LogP contribution is 2.16. The molecule has 120 valence electrons. The summed E-state index contributed by atoms with van der Waals surface area (Å²) < 4.78 is 19.2. The number of hydrogen-bond acceptors (Lipinski definition) is 3. The summed E-state index contributed by atoms with van der Waals surface area (Å²) >= 11 is 3.22. The second-order valence-corrected chi connectivity index (χ2v) is 6.73. The molecule has 0 saturated carbocycles. The van der Waals surface area contributed by atoms with Gasteiger partial charge >= 0.3 is 5.97 Å². The van der Waals surface area contributed by atoms with Crippen LogP contribution in [-0.4, -0.2) is 23.5 Å². The molecule has 0 fully saturated rings. The minimum absolute atomic E-state index is 0.248. The van der Waals surface area contributed by atoms with E-state index in [0.29, 0.717) is 4.47 Å². The van der Waals surface area contributed by atoms with Crippen LogP contribution in [0.5, 0.6) is 0 Å². The van der Waals surface area contributed by atoms with E-state index in [0.717, 1.165) is 6.08 Å². The van der Waals surface area contributed by atoms with Gasteiger partial charge in [0.05, 0.1) is 0 Å². The summed E-state index contributed by atoms with van der Waals surface area (Å²) in [5.74, 6) is -1.55. The minimum atomic E-state index is -0.927. The van der Waals surface area contributed by atoms with Crippen molar-refractivity contribution in [3.8, 4) is 0 Å². The highest BCUT2D eigenvalue weighted by Gasteiger charge is 2.21. The molecule has 1 atom stereocenters. The van der Waals surface area contributed by atoms with Gasteiger partial charge in [-0.3, -0.25) is 4.79 Å². The summed E-state index contributed by atoms with van der Waals surface area (Å²) in [5, 5.41) is 2.71. The third-order valence-corrected chi connectivity index (χ3v) is 3.01. The fourth-order valence-electron chi connectivity index (χ4n) is 1.54. The number of ether oxygens (including phenoxy) is 1. The molecule has 4 nitrogen and oxygen atoms in total. The zero-order chi connectivity index (χ0) is 16.9. The summed E-state index contributed by atoms with van der Waals surface area (Å²) in [6.07, 6.45) is 1.46. The van der Waals surface area contributed by atoms with Gasteiger partial charge in [0.15, 0.2) is 6.10 Å². The maximum atomic E-state index is 13.5. The van der Waals surface area contributed by atoms with E-state index in [1.807, 2.05) is 20.8 Å². The molecule has 22 heavy (non-hydrogen) atoms. The minimum Gasteiger partial charge on any atom is -0.449 e. The Morgan fingerprint density at radius 3 is 2.59 bits per heavy atom. The van der Waals surface area contributed by atoms with E-state index in [4.69, 9.17) is 4.74 Å². The third-order valence-electron chi connectivity index (χ3n) is 2.52.